The second-order valence-corrected chi connectivity index (χ2v) is 5.17. The van der Waals surface area contributed by atoms with Crippen LogP contribution in [0.2, 0.25) is 10.0 Å². The van der Waals surface area contributed by atoms with Crippen LogP contribution in [-0.4, -0.2) is 28.2 Å². The molecule has 1 amide bonds. The van der Waals surface area contributed by atoms with E-state index in [-0.39, 0.29) is 5.82 Å². The third-order valence-corrected chi connectivity index (χ3v) is 3.64. The number of imidazole rings is 1. The number of aromatic amines is 1. The zero-order valence-electron chi connectivity index (χ0n) is 11.4. The van der Waals surface area contributed by atoms with E-state index >= 15 is 0 Å². The first-order valence-corrected chi connectivity index (χ1v) is 7.00. The molecule has 0 radical (unpaired) electrons. The van der Waals surface area contributed by atoms with Gasteiger partial charge in [-0.05, 0) is 18.2 Å². The molecule has 0 bridgehead atoms. The molecule has 0 atom stereocenters. The van der Waals surface area contributed by atoms with Gasteiger partial charge in [0, 0.05) is 6.20 Å². The van der Waals surface area contributed by atoms with Crippen LogP contribution in [0.25, 0.3) is 22.4 Å². The Morgan fingerprint density at radius 3 is 2.68 bits per heavy atom. The van der Waals surface area contributed by atoms with Gasteiger partial charge in [0.05, 0.1) is 28.2 Å². The van der Waals surface area contributed by atoms with Crippen molar-refractivity contribution in [2.45, 2.75) is 0 Å². The zero-order valence-corrected chi connectivity index (χ0v) is 12.9. The Labute approximate surface area is 135 Å². The van der Waals surface area contributed by atoms with Gasteiger partial charge in [0.2, 0.25) is 0 Å². The van der Waals surface area contributed by atoms with Gasteiger partial charge >= 0.3 is 6.09 Å². The Kier molecular flexibility index (Phi) is 3.87. The zero-order chi connectivity index (χ0) is 15.7. The summed E-state index contributed by atoms with van der Waals surface area (Å²) < 4.78 is 4.56. The maximum Gasteiger partial charge on any atom is 0.412 e. The van der Waals surface area contributed by atoms with Crippen molar-refractivity contribution in [1.29, 1.82) is 0 Å². The Bertz CT molecular complexity index is 843. The highest BCUT2D eigenvalue weighted by molar-refractivity contribution is 6.39. The average Bonchev–Trinajstić information content (AvgIpc) is 2.91. The van der Waals surface area contributed by atoms with Gasteiger partial charge in [0.15, 0.2) is 5.82 Å². The molecule has 0 saturated carbocycles. The van der Waals surface area contributed by atoms with Crippen molar-refractivity contribution >= 4 is 46.1 Å². The molecular formula is C14H10Cl2N4O2. The van der Waals surface area contributed by atoms with Crippen molar-refractivity contribution in [2.75, 3.05) is 12.4 Å². The fraction of sp³-hybridized carbons (Fsp3) is 0.0714. The fourth-order valence-electron chi connectivity index (χ4n) is 2.02. The van der Waals surface area contributed by atoms with Crippen LogP contribution in [0, 0.1) is 0 Å². The van der Waals surface area contributed by atoms with Gasteiger partial charge in [0.1, 0.15) is 11.3 Å². The summed E-state index contributed by atoms with van der Waals surface area (Å²) in [6.45, 7) is 0. The summed E-state index contributed by atoms with van der Waals surface area (Å²) in [5.41, 5.74) is 1.76. The number of hydrogen-bond acceptors (Lipinski definition) is 4. The Balaban J connectivity index is 2.14. The molecule has 3 aromatic rings. The molecule has 6 nitrogen and oxygen atoms in total. The molecule has 2 heterocycles. The highest BCUT2D eigenvalue weighted by atomic mass is 35.5. The molecule has 1 aromatic carbocycles. The second kappa shape index (κ2) is 5.82. The molecule has 0 unspecified atom stereocenters. The van der Waals surface area contributed by atoms with Crippen LogP contribution in [0.1, 0.15) is 0 Å². The average molecular weight is 337 g/mol. The molecule has 0 spiro atoms. The summed E-state index contributed by atoms with van der Waals surface area (Å²) in [5, 5.41) is 3.46. The van der Waals surface area contributed by atoms with Crippen LogP contribution in [0.4, 0.5) is 10.6 Å². The molecule has 2 N–H and O–H groups in total. The molecule has 0 aliphatic carbocycles. The van der Waals surface area contributed by atoms with Crippen LogP contribution < -0.4 is 5.32 Å². The van der Waals surface area contributed by atoms with E-state index in [9.17, 15) is 4.79 Å². The number of carbonyl (C=O) groups is 1. The van der Waals surface area contributed by atoms with Crippen LogP contribution in [-0.2, 0) is 4.74 Å². The summed E-state index contributed by atoms with van der Waals surface area (Å²) in [5.74, 6) is 0.779. The van der Waals surface area contributed by atoms with Crippen molar-refractivity contribution in [1.82, 2.24) is 15.0 Å². The topological polar surface area (TPSA) is 79.9 Å². The smallest absolute Gasteiger partial charge is 0.412 e. The van der Waals surface area contributed by atoms with Gasteiger partial charge in [0.25, 0.3) is 0 Å². The van der Waals surface area contributed by atoms with Gasteiger partial charge in [-0.3, -0.25) is 5.32 Å². The van der Waals surface area contributed by atoms with Crippen LogP contribution in [0.5, 0.6) is 0 Å². The fourth-order valence-corrected chi connectivity index (χ4v) is 2.59. The first-order valence-electron chi connectivity index (χ1n) is 6.24. The molecule has 2 aromatic heterocycles. The first-order chi connectivity index (χ1) is 10.6. The minimum Gasteiger partial charge on any atom is -0.453 e. The molecule has 3 rings (SSSR count). The van der Waals surface area contributed by atoms with Gasteiger partial charge in [-0.2, -0.15) is 0 Å². The number of nitrogens with one attached hydrogen (secondary N) is 2. The lowest BCUT2D eigenvalue weighted by atomic mass is 10.2. The van der Waals surface area contributed by atoms with E-state index in [4.69, 9.17) is 23.2 Å². The standard InChI is InChI=1S/C14H10Cl2N4O2/c1-22-14(21)20-13-11-9(5-6-17-13)18-12(19-11)10-7(15)3-2-4-8(10)16/h2-6H,1H3,(H,18,19)(H,17,20,21). The molecule has 112 valence electrons. The summed E-state index contributed by atoms with van der Waals surface area (Å²) >= 11 is 12.4. The highest BCUT2D eigenvalue weighted by Crippen LogP contribution is 2.34. The minimum absolute atomic E-state index is 0.287. The number of H-pyrrole nitrogens is 1. The normalized spacial score (nSPS) is 10.7. The Hall–Kier alpha value is -2.31. The number of ether oxygens (including phenoxy) is 1. The number of aromatic nitrogens is 3. The molecule has 0 saturated heterocycles. The van der Waals surface area contributed by atoms with E-state index in [1.165, 1.54) is 7.11 Å². The van der Waals surface area contributed by atoms with E-state index in [0.29, 0.717) is 32.5 Å². The van der Waals surface area contributed by atoms with Crippen molar-refractivity contribution in [3.05, 3.63) is 40.5 Å². The number of carbonyl (C=O) groups excluding carboxylic acids is 1. The second-order valence-electron chi connectivity index (χ2n) is 4.35. The number of halogens is 2. The number of pyridine rings is 1. The first kappa shape index (κ1) is 14.6. The monoisotopic (exact) mass is 336 g/mol. The summed E-state index contributed by atoms with van der Waals surface area (Å²) in [7, 11) is 1.27. The molecule has 0 aliphatic rings. The van der Waals surface area contributed by atoms with Gasteiger partial charge in [-0.15, -0.1) is 0 Å². The van der Waals surface area contributed by atoms with Crippen molar-refractivity contribution in [3.8, 4) is 11.4 Å². The predicted octanol–water partition coefficient (Wildman–Crippen LogP) is 4.11. The number of benzene rings is 1. The van der Waals surface area contributed by atoms with Crippen LogP contribution in [0.3, 0.4) is 0 Å². The quantitative estimate of drug-likeness (QED) is 0.737. The maximum atomic E-state index is 11.4. The van der Waals surface area contributed by atoms with Gasteiger partial charge in [-0.1, -0.05) is 29.3 Å². The third-order valence-electron chi connectivity index (χ3n) is 3.01. The molecule has 8 heteroatoms. The van der Waals surface area contributed by atoms with Crippen LogP contribution in [0.15, 0.2) is 30.5 Å². The van der Waals surface area contributed by atoms with E-state index in [0.717, 1.165) is 0 Å². The lowest BCUT2D eigenvalue weighted by molar-refractivity contribution is 0.187. The van der Waals surface area contributed by atoms with Gasteiger partial charge < -0.3 is 9.72 Å². The SMILES string of the molecule is COC(=O)Nc1nccc2[nH]c(-c3c(Cl)cccc3Cl)nc12. The molecule has 0 fully saturated rings. The maximum absolute atomic E-state index is 11.4. The van der Waals surface area contributed by atoms with E-state index in [2.05, 4.69) is 25.0 Å². The number of fused-ring (bicyclic) bond motifs is 1. The number of amides is 1. The van der Waals surface area contributed by atoms with E-state index in [1.807, 2.05) is 0 Å². The highest BCUT2D eigenvalue weighted by Gasteiger charge is 2.16. The van der Waals surface area contributed by atoms with Crippen molar-refractivity contribution in [3.63, 3.8) is 0 Å². The van der Waals surface area contributed by atoms with Gasteiger partial charge in [-0.25, -0.2) is 14.8 Å². The van der Waals surface area contributed by atoms with E-state index < -0.39 is 6.09 Å². The summed E-state index contributed by atoms with van der Waals surface area (Å²) in [6, 6.07) is 6.94. The number of hydrogen-bond donors (Lipinski definition) is 2. The number of nitrogens with zero attached hydrogens (tertiary/aromatic N) is 2. The van der Waals surface area contributed by atoms with E-state index in [1.54, 1.807) is 30.5 Å². The third kappa shape index (κ3) is 2.58. The number of rotatable bonds is 2. The Morgan fingerprint density at radius 1 is 1.27 bits per heavy atom. The lowest BCUT2D eigenvalue weighted by Gasteiger charge is -2.03. The molecular weight excluding hydrogens is 327 g/mol. The summed E-state index contributed by atoms with van der Waals surface area (Å²) in [6.07, 6.45) is 0.921. The Morgan fingerprint density at radius 2 is 2.00 bits per heavy atom. The summed E-state index contributed by atoms with van der Waals surface area (Å²) in [4.78, 5) is 23.0. The lowest BCUT2D eigenvalue weighted by Crippen LogP contribution is -2.12. The van der Waals surface area contributed by atoms with Crippen molar-refractivity contribution < 1.29 is 9.53 Å². The van der Waals surface area contributed by atoms with Crippen molar-refractivity contribution in [2.24, 2.45) is 0 Å². The molecule has 22 heavy (non-hydrogen) atoms. The predicted molar refractivity (Wildman–Crippen MR) is 85.4 cm³/mol. The molecule has 0 aliphatic heterocycles. The number of methoxy groups -OCH3 is 1. The largest absolute Gasteiger partial charge is 0.453 e. The number of anilines is 1. The minimum atomic E-state index is -0.625. The van der Waals surface area contributed by atoms with Crippen LogP contribution >= 0.6 is 23.2 Å².